The van der Waals surface area contributed by atoms with Crippen LogP contribution in [0.15, 0.2) is 13.2 Å². The van der Waals surface area contributed by atoms with Crippen LogP contribution in [0.5, 0.6) is 0 Å². The Morgan fingerprint density at radius 2 is 1.86 bits per heavy atom. The van der Waals surface area contributed by atoms with Gasteiger partial charge in [-0.25, -0.2) is 4.79 Å². The summed E-state index contributed by atoms with van der Waals surface area (Å²) in [6.07, 6.45) is -1.48. The van der Waals surface area contributed by atoms with Crippen LogP contribution in [0.1, 0.15) is 0 Å². The molecule has 0 aliphatic rings. The van der Waals surface area contributed by atoms with Crippen LogP contribution < -0.4 is 0 Å². The second kappa shape index (κ2) is 9.00. The summed E-state index contributed by atoms with van der Waals surface area (Å²) in [4.78, 5) is 9.01. The topological polar surface area (TPSA) is 46.5 Å². The Balaban J connectivity index is 0. The van der Waals surface area contributed by atoms with Crippen LogP contribution in [0.4, 0.5) is 4.79 Å². The number of halogens is 1. The molecule has 3 nitrogen and oxygen atoms in total. The molecule has 0 heterocycles. The van der Waals surface area contributed by atoms with Crippen molar-refractivity contribution < 1.29 is 14.2 Å². The van der Waals surface area contributed by atoms with Gasteiger partial charge in [0.25, 0.3) is 0 Å². The zero-order valence-electron chi connectivity index (χ0n) is 3.56. The van der Waals surface area contributed by atoms with Crippen LogP contribution in [0.3, 0.4) is 0 Å². The zero-order chi connectivity index (χ0) is 6.28. The minimum absolute atomic E-state index is 1.48. The van der Waals surface area contributed by atoms with Crippen molar-refractivity contribution in [3.05, 3.63) is 13.2 Å². The van der Waals surface area contributed by atoms with E-state index in [1.807, 2.05) is 0 Å². The molecule has 0 aromatic rings. The molecule has 1 N–H and O–H groups in total. The molecular formula is C3H5ClO3. The summed E-state index contributed by atoms with van der Waals surface area (Å²) >= 11 is 4.24. The van der Waals surface area contributed by atoms with Gasteiger partial charge >= 0.3 is 6.16 Å². The lowest BCUT2D eigenvalue weighted by Gasteiger charge is -1.73. The standard InChI is InChI=1S/C2H4.CHClO3/c1-2;2-5-1(3)4/h1-2H2;(H,3,4). The highest BCUT2D eigenvalue weighted by Gasteiger charge is 1.84. The first-order valence-corrected chi connectivity index (χ1v) is 1.59. The van der Waals surface area contributed by atoms with Crippen LogP contribution in [-0.2, 0) is 4.29 Å². The van der Waals surface area contributed by atoms with Crippen molar-refractivity contribution in [3.8, 4) is 0 Å². The molecule has 0 rings (SSSR count). The SMILES string of the molecule is C=C.O=C(O)OCl. The molecule has 0 unspecified atom stereocenters. The van der Waals surface area contributed by atoms with Crippen molar-refractivity contribution in [3.63, 3.8) is 0 Å². The van der Waals surface area contributed by atoms with Gasteiger partial charge in [0, 0.05) is 0 Å². The Morgan fingerprint density at radius 1 is 1.71 bits per heavy atom. The summed E-state index contributed by atoms with van der Waals surface area (Å²) in [5, 5.41) is 7.37. The normalized spacial score (nSPS) is 5.29. The summed E-state index contributed by atoms with van der Waals surface area (Å²) in [7, 11) is 0. The minimum Gasteiger partial charge on any atom is -0.449 e. The van der Waals surface area contributed by atoms with E-state index in [-0.39, 0.29) is 0 Å². The summed E-state index contributed by atoms with van der Waals surface area (Å²) in [5.74, 6) is 0. The highest BCUT2D eigenvalue weighted by molar-refractivity contribution is 6.12. The lowest BCUT2D eigenvalue weighted by Crippen LogP contribution is -1.85. The van der Waals surface area contributed by atoms with Crippen LogP contribution in [0, 0.1) is 0 Å². The van der Waals surface area contributed by atoms with Gasteiger partial charge < -0.3 is 9.40 Å². The molecule has 0 aromatic carbocycles. The van der Waals surface area contributed by atoms with E-state index in [0.29, 0.717) is 0 Å². The quantitative estimate of drug-likeness (QED) is 0.500. The third-order valence-electron chi connectivity index (χ3n) is 0.0660. The van der Waals surface area contributed by atoms with Crippen molar-refractivity contribution in [2.45, 2.75) is 0 Å². The average Bonchev–Trinajstić information content (AvgIpc) is 1.73. The van der Waals surface area contributed by atoms with Gasteiger partial charge in [-0.1, -0.05) is 0 Å². The lowest BCUT2D eigenvalue weighted by atomic mass is 11.3. The van der Waals surface area contributed by atoms with Crippen LogP contribution in [0.25, 0.3) is 0 Å². The molecule has 0 saturated heterocycles. The van der Waals surface area contributed by atoms with E-state index in [2.05, 4.69) is 29.3 Å². The molecule has 0 saturated carbocycles. The Kier molecular flexibility index (Phi) is 12.3. The average molecular weight is 125 g/mol. The largest absolute Gasteiger partial charge is 0.524 e. The van der Waals surface area contributed by atoms with Gasteiger partial charge in [-0.3, -0.25) is 0 Å². The number of rotatable bonds is 0. The maximum Gasteiger partial charge on any atom is 0.524 e. The van der Waals surface area contributed by atoms with Crippen molar-refractivity contribution in [1.29, 1.82) is 0 Å². The summed E-state index contributed by atoms with van der Waals surface area (Å²) in [6, 6.07) is 0. The molecule has 4 heteroatoms. The van der Waals surface area contributed by atoms with E-state index in [1.165, 1.54) is 0 Å². The molecule has 0 radical (unpaired) electrons. The molecular weight excluding hydrogens is 119 g/mol. The van der Waals surface area contributed by atoms with Gasteiger partial charge in [0.1, 0.15) is 11.9 Å². The first-order chi connectivity index (χ1) is 3.27. The molecule has 0 aliphatic carbocycles. The summed E-state index contributed by atoms with van der Waals surface area (Å²) in [5.41, 5.74) is 0. The number of carboxylic acid groups (broad SMARTS) is 1. The highest BCUT2D eigenvalue weighted by atomic mass is 35.5. The smallest absolute Gasteiger partial charge is 0.449 e. The van der Waals surface area contributed by atoms with Gasteiger partial charge in [0.15, 0.2) is 0 Å². The minimum atomic E-state index is -1.48. The molecule has 0 bridgehead atoms. The third kappa shape index (κ3) is 34.2. The number of hydrogen-bond donors (Lipinski definition) is 1. The van der Waals surface area contributed by atoms with E-state index < -0.39 is 6.16 Å². The molecule has 0 aliphatic heterocycles. The number of hydrogen-bond acceptors (Lipinski definition) is 2. The molecule has 42 valence electrons. The second-order valence-corrected chi connectivity index (χ2v) is 0.497. The van der Waals surface area contributed by atoms with Gasteiger partial charge in [-0.2, -0.15) is 0 Å². The van der Waals surface area contributed by atoms with Crippen molar-refractivity contribution in [2.75, 3.05) is 0 Å². The highest BCUT2D eigenvalue weighted by Crippen LogP contribution is 1.75. The Bertz CT molecular complexity index is 54.1. The van der Waals surface area contributed by atoms with Gasteiger partial charge in [-0.05, 0) is 0 Å². The molecule has 0 aromatic heterocycles. The lowest BCUT2D eigenvalue weighted by molar-refractivity contribution is 0.149. The maximum absolute atomic E-state index is 9.01. The van der Waals surface area contributed by atoms with E-state index in [9.17, 15) is 0 Å². The fourth-order valence-corrected chi connectivity index (χ4v) is 0. The van der Waals surface area contributed by atoms with E-state index >= 15 is 0 Å². The fourth-order valence-electron chi connectivity index (χ4n) is 0. The molecule has 0 spiro atoms. The van der Waals surface area contributed by atoms with Crippen LogP contribution in [0.2, 0.25) is 0 Å². The predicted molar refractivity (Wildman–Crippen MR) is 26.2 cm³/mol. The number of carbonyl (C=O) groups is 1. The van der Waals surface area contributed by atoms with Gasteiger partial charge in [0.05, 0.1) is 0 Å². The third-order valence-corrected chi connectivity index (χ3v) is 0.198. The van der Waals surface area contributed by atoms with Crippen molar-refractivity contribution in [2.24, 2.45) is 0 Å². The Hall–Kier alpha value is -0.700. The van der Waals surface area contributed by atoms with Crippen LogP contribution >= 0.6 is 11.9 Å². The van der Waals surface area contributed by atoms with E-state index in [0.717, 1.165) is 0 Å². The monoisotopic (exact) mass is 124 g/mol. The van der Waals surface area contributed by atoms with Crippen molar-refractivity contribution in [1.82, 2.24) is 0 Å². The molecule has 0 fully saturated rings. The maximum atomic E-state index is 9.01. The molecule has 0 atom stereocenters. The summed E-state index contributed by atoms with van der Waals surface area (Å²) < 4.78 is 3.14. The fraction of sp³-hybridized carbons (Fsp3) is 0. The predicted octanol–water partition coefficient (Wildman–Crippen LogP) is 1.64. The van der Waals surface area contributed by atoms with Crippen molar-refractivity contribution >= 4 is 18.0 Å². The zero-order valence-corrected chi connectivity index (χ0v) is 4.31. The molecule has 0 amide bonds. The second-order valence-electron chi connectivity index (χ2n) is 0.343. The van der Waals surface area contributed by atoms with E-state index in [1.54, 1.807) is 0 Å². The van der Waals surface area contributed by atoms with Gasteiger partial charge in [-0.15, -0.1) is 13.2 Å². The Labute approximate surface area is 46.3 Å². The first-order valence-electron chi connectivity index (χ1n) is 1.29. The van der Waals surface area contributed by atoms with Gasteiger partial charge in [0.2, 0.25) is 0 Å². The Morgan fingerprint density at radius 3 is 1.86 bits per heavy atom. The summed E-state index contributed by atoms with van der Waals surface area (Å²) in [6.45, 7) is 6.00. The molecule has 7 heavy (non-hydrogen) atoms. The van der Waals surface area contributed by atoms with E-state index in [4.69, 9.17) is 9.90 Å². The van der Waals surface area contributed by atoms with Crippen LogP contribution in [-0.4, -0.2) is 11.3 Å². The first kappa shape index (κ1) is 9.57.